The van der Waals surface area contributed by atoms with Crippen molar-refractivity contribution in [1.29, 1.82) is 0 Å². The Morgan fingerprint density at radius 2 is 2.07 bits per heavy atom. The summed E-state index contributed by atoms with van der Waals surface area (Å²) >= 11 is 0. The second-order valence-electron chi connectivity index (χ2n) is 6.97. The van der Waals surface area contributed by atoms with E-state index < -0.39 is 0 Å². The molecule has 4 aromatic rings. The van der Waals surface area contributed by atoms with Crippen LogP contribution in [0.1, 0.15) is 44.4 Å². The van der Waals surface area contributed by atoms with Gasteiger partial charge in [-0.15, -0.1) is 0 Å². The number of aryl methyl sites for hydroxylation is 1. The molecule has 0 unspecified atom stereocenters. The van der Waals surface area contributed by atoms with E-state index in [0.717, 1.165) is 29.7 Å². The molecule has 0 fully saturated rings. The van der Waals surface area contributed by atoms with E-state index >= 15 is 0 Å². The molecule has 1 aromatic carbocycles. The van der Waals surface area contributed by atoms with Crippen molar-refractivity contribution in [1.82, 2.24) is 40.0 Å². The van der Waals surface area contributed by atoms with Crippen molar-refractivity contribution in [3.8, 4) is 11.5 Å². The molecule has 2 N–H and O–H groups in total. The number of amides is 1. The standard InChI is InChI=1S/C21H24N8O/c1-3-7-19-25-14-8-5-6-9-17(14)29(19)16(4-2)21(30)24-13-18-26-20(28-27-18)15-12-22-10-11-23-15/h5-6,8-12,16H,3-4,7,13H2,1-2H3,(H,24,30)(H,26,27,28)/t16-/m0/s1. The second kappa shape index (κ2) is 8.81. The fourth-order valence-electron chi connectivity index (χ4n) is 3.52. The fraction of sp³-hybridized carbons (Fsp3) is 0.333. The van der Waals surface area contributed by atoms with Crippen LogP contribution in [0.15, 0.2) is 42.9 Å². The Morgan fingerprint density at radius 3 is 2.83 bits per heavy atom. The summed E-state index contributed by atoms with van der Waals surface area (Å²) in [5, 5.41) is 9.98. The first kappa shape index (κ1) is 19.7. The van der Waals surface area contributed by atoms with Crippen LogP contribution in [0.3, 0.4) is 0 Å². The number of aromatic amines is 1. The monoisotopic (exact) mass is 404 g/mol. The van der Waals surface area contributed by atoms with Crippen molar-refractivity contribution in [3.05, 3.63) is 54.5 Å². The molecule has 3 aromatic heterocycles. The van der Waals surface area contributed by atoms with E-state index in [1.54, 1.807) is 18.6 Å². The third-order valence-electron chi connectivity index (χ3n) is 4.90. The quantitative estimate of drug-likeness (QED) is 0.467. The van der Waals surface area contributed by atoms with Gasteiger partial charge in [-0.1, -0.05) is 26.0 Å². The number of nitrogens with zero attached hydrogens (tertiary/aromatic N) is 6. The number of carbonyl (C=O) groups excluding carboxylic acids is 1. The molecule has 0 saturated heterocycles. The van der Waals surface area contributed by atoms with Gasteiger partial charge in [-0.05, 0) is 25.0 Å². The molecule has 1 amide bonds. The normalized spacial score (nSPS) is 12.2. The largest absolute Gasteiger partial charge is 0.347 e. The number of benzene rings is 1. The highest BCUT2D eigenvalue weighted by Gasteiger charge is 2.24. The molecule has 0 aliphatic carbocycles. The van der Waals surface area contributed by atoms with Crippen LogP contribution in [0.2, 0.25) is 0 Å². The van der Waals surface area contributed by atoms with E-state index in [9.17, 15) is 4.79 Å². The van der Waals surface area contributed by atoms with Gasteiger partial charge < -0.3 is 9.88 Å². The van der Waals surface area contributed by atoms with Gasteiger partial charge >= 0.3 is 0 Å². The Labute approximate surface area is 174 Å². The van der Waals surface area contributed by atoms with Crippen molar-refractivity contribution >= 4 is 16.9 Å². The Kier molecular flexibility index (Phi) is 5.78. The molecule has 0 bridgehead atoms. The van der Waals surface area contributed by atoms with Crippen LogP contribution < -0.4 is 5.32 Å². The number of hydrogen-bond donors (Lipinski definition) is 2. The van der Waals surface area contributed by atoms with E-state index in [1.807, 2.05) is 31.2 Å². The summed E-state index contributed by atoms with van der Waals surface area (Å²) < 4.78 is 2.07. The van der Waals surface area contributed by atoms with Crippen molar-refractivity contribution in [2.24, 2.45) is 0 Å². The van der Waals surface area contributed by atoms with E-state index in [-0.39, 0.29) is 18.5 Å². The summed E-state index contributed by atoms with van der Waals surface area (Å²) in [6, 6.07) is 7.60. The van der Waals surface area contributed by atoms with Gasteiger partial charge in [0.15, 0.2) is 0 Å². The molecule has 30 heavy (non-hydrogen) atoms. The lowest BCUT2D eigenvalue weighted by Gasteiger charge is -2.19. The summed E-state index contributed by atoms with van der Waals surface area (Å²) in [5.74, 6) is 1.87. The number of H-pyrrole nitrogens is 1. The van der Waals surface area contributed by atoms with Gasteiger partial charge in [-0.2, -0.15) is 5.10 Å². The van der Waals surface area contributed by atoms with Gasteiger partial charge in [0.05, 0.1) is 23.8 Å². The third-order valence-corrected chi connectivity index (χ3v) is 4.90. The molecule has 0 radical (unpaired) electrons. The van der Waals surface area contributed by atoms with Gasteiger partial charge in [-0.3, -0.25) is 14.9 Å². The van der Waals surface area contributed by atoms with Gasteiger partial charge in [-0.25, -0.2) is 15.0 Å². The minimum atomic E-state index is -0.346. The Hall–Kier alpha value is -3.62. The fourth-order valence-corrected chi connectivity index (χ4v) is 3.52. The summed E-state index contributed by atoms with van der Waals surface area (Å²) in [6.07, 6.45) is 7.21. The van der Waals surface area contributed by atoms with E-state index in [2.05, 4.69) is 42.0 Å². The maximum absolute atomic E-state index is 13.1. The number of aromatic nitrogens is 7. The molecule has 154 valence electrons. The van der Waals surface area contributed by atoms with Crippen molar-refractivity contribution in [2.75, 3.05) is 0 Å². The van der Waals surface area contributed by atoms with Crippen molar-refractivity contribution in [3.63, 3.8) is 0 Å². The summed E-state index contributed by atoms with van der Waals surface area (Å²) in [5.41, 5.74) is 2.47. The average Bonchev–Trinajstić information content (AvgIpc) is 3.39. The van der Waals surface area contributed by atoms with Gasteiger partial charge in [0.2, 0.25) is 11.7 Å². The number of para-hydroxylation sites is 2. The highest BCUT2D eigenvalue weighted by molar-refractivity contribution is 5.84. The highest BCUT2D eigenvalue weighted by Crippen LogP contribution is 2.24. The smallest absolute Gasteiger partial charge is 0.243 e. The zero-order chi connectivity index (χ0) is 20.9. The summed E-state index contributed by atoms with van der Waals surface area (Å²) in [6.45, 7) is 4.37. The van der Waals surface area contributed by atoms with Crippen LogP contribution in [0, 0.1) is 0 Å². The third kappa shape index (κ3) is 3.91. The second-order valence-corrected chi connectivity index (χ2v) is 6.97. The molecule has 4 rings (SSSR count). The number of nitrogens with one attached hydrogen (secondary N) is 2. The molecular formula is C21H24N8O. The maximum Gasteiger partial charge on any atom is 0.243 e. The highest BCUT2D eigenvalue weighted by atomic mass is 16.2. The summed E-state index contributed by atoms with van der Waals surface area (Å²) in [4.78, 5) is 30.4. The molecule has 3 heterocycles. The zero-order valence-corrected chi connectivity index (χ0v) is 17.0. The molecule has 1 atom stereocenters. The minimum Gasteiger partial charge on any atom is -0.347 e. The van der Waals surface area contributed by atoms with Crippen LogP contribution in [-0.4, -0.2) is 40.6 Å². The average molecular weight is 404 g/mol. The van der Waals surface area contributed by atoms with Crippen molar-refractivity contribution in [2.45, 2.75) is 45.7 Å². The predicted molar refractivity (Wildman–Crippen MR) is 112 cm³/mol. The van der Waals surface area contributed by atoms with Crippen LogP contribution >= 0.6 is 0 Å². The van der Waals surface area contributed by atoms with Crippen LogP contribution in [0.5, 0.6) is 0 Å². The van der Waals surface area contributed by atoms with Gasteiger partial charge in [0, 0.05) is 18.8 Å². The molecule has 0 aliphatic heterocycles. The lowest BCUT2D eigenvalue weighted by molar-refractivity contribution is -0.124. The lowest BCUT2D eigenvalue weighted by Crippen LogP contribution is -2.33. The van der Waals surface area contributed by atoms with Gasteiger partial charge in [0.1, 0.15) is 23.4 Å². The first-order valence-corrected chi connectivity index (χ1v) is 10.1. The number of carbonyl (C=O) groups is 1. The Bertz CT molecular complexity index is 1130. The van der Waals surface area contributed by atoms with Crippen molar-refractivity contribution < 1.29 is 4.79 Å². The first-order chi connectivity index (χ1) is 14.7. The number of hydrogen-bond acceptors (Lipinski definition) is 6. The lowest BCUT2D eigenvalue weighted by atomic mass is 10.1. The van der Waals surface area contributed by atoms with E-state index in [0.29, 0.717) is 23.8 Å². The molecule has 0 aliphatic rings. The Balaban J connectivity index is 1.52. The topological polar surface area (TPSA) is 114 Å². The molecular weight excluding hydrogens is 380 g/mol. The molecule has 0 saturated carbocycles. The van der Waals surface area contributed by atoms with Crippen LogP contribution in [0.25, 0.3) is 22.6 Å². The minimum absolute atomic E-state index is 0.0736. The SMILES string of the molecule is CCCc1nc2ccccc2n1[C@@H](CC)C(=O)NCc1nc(-c2cnccn2)n[nH]1. The number of imidazole rings is 1. The first-order valence-electron chi connectivity index (χ1n) is 10.1. The number of fused-ring (bicyclic) bond motifs is 1. The maximum atomic E-state index is 13.1. The number of rotatable bonds is 8. The van der Waals surface area contributed by atoms with E-state index in [1.165, 1.54) is 0 Å². The molecule has 0 spiro atoms. The van der Waals surface area contributed by atoms with Crippen LogP contribution in [-0.2, 0) is 17.8 Å². The summed E-state index contributed by atoms with van der Waals surface area (Å²) in [7, 11) is 0. The Morgan fingerprint density at radius 1 is 1.20 bits per heavy atom. The molecule has 9 heteroatoms. The zero-order valence-electron chi connectivity index (χ0n) is 17.0. The molecule has 9 nitrogen and oxygen atoms in total. The van der Waals surface area contributed by atoms with Crippen LogP contribution in [0.4, 0.5) is 0 Å². The van der Waals surface area contributed by atoms with Gasteiger partial charge in [0.25, 0.3) is 0 Å². The predicted octanol–water partition coefficient (Wildman–Crippen LogP) is 2.83. The van der Waals surface area contributed by atoms with E-state index in [4.69, 9.17) is 4.98 Å².